The summed E-state index contributed by atoms with van der Waals surface area (Å²) in [4.78, 5) is 43.9. The highest BCUT2D eigenvalue weighted by molar-refractivity contribution is 6.30. The molecule has 10 nitrogen and oxygen atoms in total. The van der Waals surface area contributed by atoms with E-state index in [0.717, 1.165) is 5.56 Å². The number of aromatic amines is 1. The quantitative estimate of drug-likeness (QED) is 0.469. The standard InChI is InChI=1S/C30H33ClFN5O5/c1-41-21-9-10-22(25(32)16-21)23-17-36(27-11-12-28(38)34-33-27)18-24(23)29(39)35-13-3-4-26(19-5-7-20(31)8-6-19)37(15-14-35)30(40)42-2/h5-12,16,23-24,26H,3-4,13-15,17-18H2,1-2H3,(H,34,38)/t23?,24-,26?/m1/s1. The number of aromatic nitrogens is 2. The molecule has 2 amide bonds. The normalized spacial score (nSPS) is 21.0. The molecule has 0 radical (unpaired) electrons. The minimum atomic E-state index is -0.584. The van der Waals surface area contributed by atoms with Crippen LogP contribution in [0, 0.1) is 11.7 Å². The van der Waals surface area contributed by atoms with E-state index in [1.165, 1.54) is 26.4 Å². The summed E-state index contributed by atoms with van der Waals surface area (Å²) in [7, 11) is 2.81. The lowest BCUT2D eigenvalue weighted by Gasteiger charge is -2.37. The minimum Gasteiger partial charge on any atom is -0.497 e. The number of ether oxygens (including phenoxy) is 2. The number of H-pyrrole nitrogens is 1. The summed E-state index contributed by atoms with van der Waals surface area (Å²) < 4.78 is 25.6. The van der Waals surface area contributed by atoms with Crippen molar-refractivity contribution in [3.8, 4) is 5.75 Å². The molecule has 12 heteroatoms. The van der Waals surface area contributed by atoms with Gasteiger partial charge in [-0.25, -0.2) is 14.3 Å². The lowest BCUT2D eigenvalue weighted by Crippen LogP contribution is -2.47. The van der Waals surface area contributed by atoms with Crippen LogP contribution in [0.4, 0.5) is 15.0 Å². The Bertz CT molecular complexity index is 1470. The number of nitrogens with one attached hydrogen (secondary N) is 1. The van der Waals surface area contributed by atoms with Crippen LogP contribution in [-0.4, -0.2) is 78.9 Å². The third-order valence-electron chi connectivity index (χ3n) is 8.10. The van der Waals surface area contributed by atoms with Gasteiger partial charge in [-0.15, -0.1) is 0 Å². The molecule has 1 N–H and O–H groups in total. The molecule has 3 atom stereocenters. The number of rotatable bonds is 5. The van der Waals surface area contributed by atoms with Crippen LogP contribution in [-0.2, 0) is 9.53 Å². The monoisotopic (exact) mass is 597 g/mol. The molecule has 2 aliphatic rings. The smallest absolute Gasteiger partial charge is 0.410 e. The van der Waals surface area contributed by atoms with Gasteiger partial charge in [0.15, 0.2) is 0 Å². The van der Waals surface area contributed by atoms with Gasteiger partial charge in [-0.1, -0.05) is 29.8 Å². The lowest BCUT2D eigenvalue weighted by atomic mass is 9.87. The largest absolute Gasteiger partial charge is 0.497 e. The number of carbonyl (C=O) groups is 2. The number of carbonyl (C=O) groups excluding carboxylic acids is 2. The maximum atomic E-state index is 15.3. The number of hydrogen-bond donors (Lipinski definition) is 1. The fraction of sp³-hybridized carbons (Fsp3) is 0.400. The number of methoxy groups -OCH3 is 2. The van der Waals surface area contributed by atoms with Gasteiger partial charge < -0.3 is 19.3 Å². The van der Waals surface area contributed by atoms with Crippen molar-refractivity contribution in [2.24, 2.45) is 5.92 Å². The second kappa shape index (κ2) is 12.8. The minimum absolute atomic E-state index is 0.128. The van der Waals surface area contributed by atoms with Gasteiger partial charge in [0.1, 0.15) is 17.4 Å². The molecule has 2 aromatic carbocycles. The predicted molar refractivity (Wildman–Crippen MR) is 155 cm³/mol. The van der Waals surface area contributed by atoms with Crippen molar-refractivity contribution in [3.63, 3.8) is 0 Å². The van der Waals surface area contributed by atoms with Gasteiger partial charge in [0.25, 0.3) is 5.56 Å². The van der Waals surface area contributed by atoms with Crippen molar-refractivity contribution >= 4 is 29.4 Å². The van der Waals surface area contributed by atoms with E-state index in [4.69, 9.17) is 21.1 Å². The number of nitrogens with zero attached hydrogens (tertiary/aromatic N) is 4. The van der Waals surface area contributed by atoms with Gasteiger partial charge >= 0.3 is 6.09 Å². The maximum absolute atomic E-state index is 15.3. The lowest BCUT2D eigenvalue weighted by molar-refractivity contribution is -0.136. The van der Waals surface area contributed by atoms with E-state index in [0.29, 0.717) is 61.2 Å². The first-order valence-electron chi connectivity index (χ1n) is 13.8. The van der Waals surface area contributed by atoms with E-state index in [2.05, 4.69) is 10.2 Å². The molecule has 2 fully saturated rings. The van der Waals surface area contributed by atoms with Crippen LogP contribution >= 0.6 is 11.6 Å². The molecule has 2 saturated heterocycles. The Morgan fingerprint density at radius 2 is 1.81 bits per heavy atom. The highest BCUT2D eigenvalue weighted by Crippen LogP contribution is 2.38. The molecule has 2 unspecified atom stereocenters. The first-order valence-corrected chi connectivity index (χ1v) is 14.2. The van der Waals surface area contributed by atoms with Crippen LogP contribution in [0.15, 0.2) is 59.4 Å². The molecule has 5 rings (SSSR count). The molecule has 0 aliphatic carbocycles. The van der Waals surface area contributed by atoms with Gasteiger partial charge in [0.05, 0.1) is 26.2 Å². The Hall–Kier alpha value is -4.12. The molecule has 3 heterocycles. The molecule has 3 aromatic rings. The molecule has 1 aromatic heterocycles. The Morgan fingerprint density at radius 1 is 1.02 bits per heavy atom. The Labute approximate surface area is 248 Å². The van der Waals surface area contributed by atoms with Crippen LogP contribution in [0.25, 0.3) is 0 Å². The summed E-state index contributed by atoms with van der Waals surface area (Å²) in [6, 6.07) is 14.8. The number of halogens is 2. The van der Waals surface area contributed by atoms with Gasteiger partial charge in [0.2, 0.25) is 5.91 Å². The molecule has 0 bridgehead atoms. The third kappa shape index (κ3) is 6.20. The van der Waals surface area contributed by atoms with Gasteiger partial charge in [-0.2, -0.15) is 5.10 Å². The number of hydrogen-bond acceptors (Lipinski definition) is 7. The van der Waals surface area contributed by atoms with Crippen LogP contribution in [0.3, 0.4) is 0 Å². The maximum Gasteiger partial charge on any atom is 0.410 e. The van der Waals surface area contributed by atoms with Gasteiger partial charge in [0, 0.05) is 55.8 Å². The van der Waals surface area contributed by atoms with E-state index in [9.17, 15) is 14.4 Å². The van der Waals surface area contributed by atoms with Crippen molar-refractivity contribution in [2.75, 3.05) is 51.8 Å². The van der Waals surface area contributed by atoms with Crippen LogP contribution in [0.2, 0.25) is 5.02 Å². The van der Waals surface area contributed by atoms with E-state index in [1.807, 2.05) is 17.0 Å². The Morgan fingerprint density at radius 3 is 2.48 bits per heavy atom. The highest BCUT2D eigenvalue weighted by atomic mass is 35.5. The molecule has 0 spiro atoms. The molecular formula is C30H33ClFN5O5. The van der Waals surface area contributed by atoms with E-state index in [1.54, 1.807) is 40.1 Å². The Balaban J connectivity index is 1.40. The second-order valence-corrected chi connectivity index (χ2v) is 10.9. The third-order valence-corrected chi connectivity index (χ3v) is 8.35. The fourth-order valence-electron chi connectivity index (χ4n) is 5.95. The molecule has 42 heavy (non-hydrogen) atoms. The van der Waals surface area contributed by atoms with Gasteiger partial charge in [-0.3, -0.25) is 14.5 Å². The number of amides is 2. The summed E-state index contributed by atoms with van der Waals surface area (Å²) in [5.41, 5.74) is 1.02. The molecule has 2 aliphatic heterocycles. The van der Waals surface area contributed by atoms with Crippen LogP contribution in [0.5, 0.6) is 5.75 Å². The molecule has 0 saturated carbocycles. The second-order valence-electron chi connectivity index (χ2n) is 10.5. The van der Waals surface area contributed by atoms with Crippen molar-refractivity contribution in [2.45, 2.75) is 24.8 Å². The highest BCUT2D eigenvalue weighted by Gasteiger charge is 2.42. The van der Waals surface area contributed by atoms with Crippen molar-refractivity contribution in [1.82, 2.24) is 20.0 Å². The number of anilines is 1. The zero-order valence-corrected chi connectivity index (χ0v) is 24.2. The van der Waals surface area contributed by atoms with Crippen LogP contribution in [0.1, 0.15) is 35.9 Å². The Kier molecular flexibility index (Phi) is 8.96. The summed E-state index contributed by atoms with van der Waals surface area (Å²) in [5.74, 6) is -0.751. The van der Waals surface area contributed by atoms with E-state index >= 15 is 4.39 Å². The van der Waals surface area contributed by atoms with E-state index in [-0.39, 0.29) is 24.1 Å². The average molecular weight is 598 g/mol. The zero-order valence-electron chi connectivity index (χ0n) is 23.5. The first kappa shape index (κ1) is 29.4. The van der Waals surface area contributed by atoms with E-state index < -0.39 is 23.7 Å². The summed E-state index contributed by atoms with van der Waals surface area (Å²) in [5, 5.41) is 7.18. The zero-order chi connectivity index (χ0) is 29.8. The topological polar surface area (TPSA) is 108 Å². The summed E-state index contributed by atoms with van der Waals surface area (Å²) in [6.45, 7) is 1.68. The molecular weight excluding hydrogens is 565 g/mol. The summed E-state index contributed by atoms with van der Waals surface area (Å²) in [6.07, 6.45) is 0.792. The van der Waals surface area contributed by atoms with Crippen molar-refractivity contribution in [3.05, 3.63) is 86.9 Å². The fourth-order valence-corrected chi connectivity index (χ4v) is 6.08. The number of benzene rings is 2. The van der Waals surface area contributed by atoms with Crippen molar-refractivity contribution < 1.29 is 23.5 Å². The summed E-state index contributed by atoms with van der Waals surface area (Å²) >= 11 is 6.09. The SMILES string of the molecule is COC(=O)N1CCN(C(=O)[C@@H]2CN(c3ccc(=O)[nH]n3)CC2c2ccc(OC)cc2F)CCCC1c1ccc(Cl)cc1. The first-order chi connectivity index (χ1) is 20.3. The van der Waals surface area contributed by atoms with Gasteiger partial charge in [-0.05, 0) is 48.2 Å². The van der Waals surface area contributed by atoms with Crippen molar-refractivity contribution in [1.29, 1.82) is 0 Å². The molecule has 222 valence electrons. The van der Waals surface area contributed by atoms with Crippen LogP contribution < -0.4 is 15.2 Å². The predicted octanol–water partition coefficient (Wildman–Crippen LogP) is 4.22. The average Bonchev–Trinajstić information content (AvgIpc) is 3.42.